The number of anilines is 3. The van der Waals surface area contributed by atoms with E-state index >= 15 is 0 Å². The van der Waals surface area contributed by atoms with E-state index < -0.39 is 12.1 Å². The first kappa shape index (κ1) is 36.0. The molecule has 1 amide bonds. The van der Waals surface area contributed by atoms with E-state index in [0.717, 1.165) is 44.7 Å². The maximum atomic E-state index is 13.9. The molecule has 5 rings (SSSR count). The van der Waals surface area contributed by atoms with Gasteiger partial charge in [0, 0.05) is 62.8 Å². The summed E-state index contributed by atoms with van der Waals surface area (Å²) in [4.78, 5) is 29.4. The summed E-state index contributed by atoms with van der Waals surface area (Å²) in [6, 6.07) is 19.4. The number of hydrogen-bond donors (Lipinski definition) is 1. The van der Waals surface area contributed by atoms with Crippen LogP contribution in [0.3, 0.4) is 0 Å². The molecule has 1 aliphatic heterocycles. The van der Waals surface area contributed by atoms with E-state index in [1.807, 2.05) is 43.3 Å². The van der Waals surface area contributed by atoms with Crippen LogP contribution in [0.1, 0.15) is 24.9 Å². The summed E-state index contributed by atoms with van der Waals surface area (Å²) in [5, 5.41) is 3.25. The fourth-order valence-corrected chi connectivity index (χ4v) is 5.66. The second kappa shape index (κ2) is 17.4. The number of benzene rings is 3. The summed E-state index contributed by atoms with van der Waals surface area (Å²) in [5.74, 6) is 3.22. The predicted octanol–water partition coefficient (Wildman–Crippen LogP) is 6.04. The fraction of sp³-hybridized carbons (Fsp3) is 0.378. The second-order valence-electron chi connectivity index (χ2n) is 11.8. The topological polar surface area (TPSA) is 120 Å². The van der Waals surface area contributed by atoms with Gasteiger partial charge in [0.1, 0.15) is 11.6 Å². The third kappa shape index (κ3) is 9.04. The number of aromatic nitrogens is 2. The van der Waals surface area contributed by atoms with Gasteiger partial charge in [-0.3, -0.25) is 4.90 Å². The number of nitrogens with one attached hydrogen (secondary N) is 1. The number of piperazine rings is 1. The van der Waals surface area contributed by atoms with E-state index in [1.54, 1.807) is 57.9 Å². The van der Waals surface area contributed by atoms with Crippen LogP contribution in [0.5, 0.6) is 34.5 Å². The molecule has 266 valence electrons. The van der Waals surface area contributed by atoms with Crippen LogP contribution in [0, 0.1) is 0 Å². The summed E-state index contributed by atoms with van der Waals surface area (Å²) in [6.07, 6.45) is 1.78. The minimum absolute atomic E-state index is 0.234. The van der Waals surface area contributed by atoms with Gasteiger partial charge < -0.3 is 43.5 Å². The van der Waals surface area contributed by atoms with E-state index in [1.165, 1.54) is 12.0 Å². The predicted molar refractivity (Wildman–Crippen MR) is 192 cm³/mol. The molecular formula is C37H46N6O7. The monoisotopic (exact) mass is 686 g/mol. The van der Waals surface area contributed by atoms with Crippen LogP contribution in [0.4, 0.5) is 22.2 Å². The van der Waals surface area contributed by atoms with Crippen molar-refractivity contribution in [2.45, 2.75) is 19.4 Å². The molecule has 0 radical (unpaired) electrons. The average molecular weight is 687 g/mol. The lowest BCUT2D eigenvalue weighted by molar-refractivity contribution is 0.145. The van der Waals surface area contributed by atoms with E-state index in [2.05, 4.69) is 27.1 Å². The minimum atomic E-state index is -0.659. The molecule has 1 aromatic heterocycles. The lowest BCUT2D eigenvalue weighted by atomic mass is 10.1. The molecular weight excluding hydrogens is 640 g/mol. The van der Waals surface area contributed by atoms with Crippen LogP contribution in [0.25, 0.3) is 0 Å². The molecule has 0 bridgehead atoms. The van der Waals surface area contributed by atoms with Gasteiger partial charge in [0.15, 0.2) is 23.0 Å². The molecule has 50 heavy (non-hydrogen) atoms. The number of nitrogens with zero attached hydrogens (tertiary/aromatic N) is 5. The Morgan fingerprint density at radius 3 is 2.30 bits per heavy atom. The largest absolute Gasteiger partial charge is 0.497 e. The lowest BCUT2D eigenvalue weighted by Crippen LogP contribution is -2.44. The Labute approximate surface area is 293 Å². The molecule has 3 aromatic carbocycles. The van der Waals surface area contributed by atoms with Crippen molar-refractivity contribution in [3.63, 3.8) is 0 Å². The van der Waals surface area contributed by atoms with Crippen LogP contribution in [-0.2, 0) is 0 Å². The quantitative estimate of drug-likeness (QED) is 0.147. The van der Waals surface area contributed by atoms with Gasteiger partial charge in [-0.05, 0) is 44.2 Å². The zero-order chi connectivity index (χ0) is 35.5. The van der Waals surface area contributed by atoms with Crippen molar-refractivity contribution in [3.05, 3.63) is 78.5 Å². The van der Waals surface area contributed by atoms with Gasteiger partial charge >= 0.3 is 6.09 Å². The van der Waals surface area contributed by atoms with Crippen LogP contribution in [0.2, 0.25) is 0 Å². The Morgan fingerprint density at radius 1 is 0.860 bits per heavy atom. The number of rotatable bonds is 15. The Hall–Kier alpha value is -5.27. The van der Waals surface area contributed by atoms with Crippen molar-refractivity contribution in [2.24, 2.45) is 0 Å². The highest BCUT2D eigenvalue weighted by Gasteiger charge is 2.28. The first-order valence-electron chi connectivity index (χ1n) is 16.5. The molecule has 0 unspecified atom stereocenters. The third-order valence-electron chi connectivity index (χ3n) is 8.49. The summed E-state index contributed by atoms with van der Waals surface area (Å²) < 4.78 is 34.2. The number of ether oxygens (including phenoxy) is 6. The van der Waals surface area contributed by atoms with Crippen molar-refractivity contribution in [3.8, 4) is 34.5 Å². The highest BCUT2D eigenvalue weighted by molar-refractivity contribution is 5.89. The highest BCUT2D eigenvalue weighted by Crippen LogP contribution is 2.41. The highest BCUT2D eigenvalue weighted by atomic mass is 16.6. The molecule has 0 spiro atoms. The zero-order valence-electron chi connectivity index (χ0n) is 29.5. The number of amides is 1. The van der Waals surface area contributed by atoms with Crippen LogP contribution >= 0.6 is 0 Å². The maximum Gasteiger partial charge on any atom is 0.421 e. The molecule has 13 heteroatoms. The first-order valence-corrected chi connectivity index (χ1v) is 16.5. The van der Waals surface area contributed by atoms with Crippen molar-refractivity contribution in [2.75, 3.05) is 85.0 Å². The normalized spacial score (nSPS) is 14.0. The molecule has 1 aliphatic rings. The smallest absolute Gasteiger partial charge is 0.421 e. The molecule has 1 atom stereocenters. The SMILES string of the molecule is COc1ccc(OC(=O)N(c2ccnc(Nc3cc(OC)c(OC)c(OCCCN4CCN(C)CC4)c3)n2)[C@@H](C)c2ccccc2)c(OC)c1. The van der Waals surface area contributed by atoms with Crippen LogP contribution in [-0.4, -0.2) is 101 Å². The number of methoxy groups -OCH3 is 4. The molecule has 1 N–H and O–H groups in total. The number of hydrogen-bond acceptors (Lipinski definition) is 12. The van der Waals surface area contributed by atoms with E-state index in [-0.39, 0.29) is 11.7 Å². The first-order chi connectivity index (χ1) is 24.3. The number of carbonyl (C=O) groups is 1. The molecule has 4 aromatic rings. The van der Waals surface area contributed by atoms with Crippen molar-refractivity contribution >= 4 is 23.5 Å². The third-order valence-corrected chi connectivity index (χ3v) is 8.49. The standard InChI is InChI=1S/C37H46N6O7/c1-26(27-11-8-7-9-12-27)43(37(44)50-30-14-13-29(45-3)25-31(30)46-4)34-15-16-38-36(40-34)39-28-23-32(47-5)35(48-6)33(24-28)49-22-10-17-42-20-18-41(2)19-21-42/h7-9,11-16,23-26H,10,17-22H2,1-6H3,(H,38,39,40)/t26-/m0/s1. The van der Waals surface area contributed by atoms with Gasteiger partial charge in [0.25, 0.3) is 0 Å². The van der Waals surface area contributed by atoms with E-state index in [9.17, 15) is 4.79 Å². The summed E-state index contributed by atoms with van der Waals surface area (Å²) in [7, 11) is 8.36. The molecule has 13 nitrogen and oxygen atoms in total. The van der Waals surface area contributed by atoms with E-state index in [4.69, 9.17) is 33.4 Å². The Bertz CT molecular complexity index is 1700. The maximum absolute atomic E-state index is 13.9. The van der Waals surface area contributed by atoms with Gasteiger partial charge in [-0.1, -0.05) is 30.3 Å². The van der Waals surface area contributed by atoms with Gasteiger partial charge in [-0.15, -0.1) is 0 Å². The summed E-state index contributed by atoms with van der Waals surface area (Å²) in [6.45, 7) is 7.63. The molecule has 1 fully saturated rings. The van der Waals surface area contributed by atoms with Crippen molar-refractivity contribution in [1.82, 2.24) is 19.8 Å². The number of carbonyl (C=O) groups excluding carboxylic acids is 1. The number of likely N-dealkylation sites (N-methyl/N-ethyl adjacent to an activating group) is 1. The molecule has 2 heterocycles. The van der Waals surface area contributed by atoms with Gasteiger partial charge in [-0.2, -0.15) is 4.98 Å². The van der Waals surface area contributed by atoms with Crippen LogP contribution in [0.15, 0.2) is 72.9 Å². The summed E-state index contributed by atoms with van der Waals surface area (Å²) in [5.41, 5.74) is 1.50. The zero-order valence-corrected chi connectivity index (χ0v) is 29.5. The van der Waals surface area contributed by atoms with Crippen molar-refractivity contribution in [1.29, 1.82) is 0 Å². The van der Waals surface area contributed by atoms with Gasteiger partial charge in [0.05, 0.1) is 41.1 Å². The lowest BCUT2D eigenvalue weighted by Gasteiger charge is -2.32. The Morgan fingerprint density at radius 2 is 1.60 bits per heavy atom. The van der Waals surface area contributed by atoms with Gasteiger partial charge in [0.2, 0.25) is 11.7 Å². The fourth-order valence-electron chi connectivity index (χ4n) is 5.66. The van der Waals surface area contributed by atoms with Crippen molar-refractivity contribution < 1.29 is 33.2 Å². The Kier molecular flexibility index (Phi) is 12.5. The minimum Gasteiger partial charge on any atom is -0.497 e. The summed E-state index contributed by atoms with van der Waals surface area (Å²) >= 11 is 0. The molecule has 1 saturated heterocycles. The average Bonchev–Trinajstić information content (AvgIpc) is 3.14. The Balaban J connectivity index is 1.38. The van der Waals surface area contributed by atoms with E-state index in [0.29, 0.717) is 46.9 Å². The second-order valence-corrected chi connectivity index (χ2v) is 11.8. The molecule has 0 saturated carbocycles. The molecule has 0 aliphatic carbocycles. The van der Waals surface area contributed by atoms with Crippen LogP contribution < -0.4 is 38.6 Å². The van der Waals surface area contributed by atoms with Gasteiger partial charge in [-0.25, -0.2) is 9.78 Å².